The van der Waals surface area contributed by atoms with E-state index in [1.54, 1.807) is 11.3 Å². The molecular weight excluding hydrogens is 218 g/mol. The van der Waals surface area contributed by atoms with E-state index in [1.807, 2.05) is 25.3 Å². The van der Waals surface area contributed by atoms with Crippen molar-refractivity contribution < 1.29 is 0 Å². The highest BCUT2D eigenvalue weighted by molar-refractivity contribution is 7.09. The van der Waals surface area contributed by atoms with Crippen LogP contribution in [0, 0.1) is 6.92 Å². The van der Waals surface area contributed by atoms with Crippen molar-refractivity contribution in [2.45, 2.75) is 13.5 Å². The molecule has 3 rings (SSSR count). The molecule has 0 saturated carbocycles. The first-order valence-electron chi connectivity index (χ1n) is 5.15. The molecular formula is C12H11N3S. The highest BCUT2D eigenvalue weighted by Crippen LogP contribution is 2.17. The summed E-state index contributed by atoms with van der Waals surface area (Å²) in [6.45, 7) is 2.88. The van der Waals surface area contributed by atoms with Crippen LogP contribution < -0.4 is 0 Å². The summed E-state index contributed by atoms with van der Waals surface area (Å²) in [5.41, 5.74) is 1.94. The van der Waals surface area contributed by atoms with E-state index in [0.717, 1.165) is 23.5 Å². The van der Waals surface area contributed by atoms with Gasteiger partial charge in [-0.3, -0.25) is 0 Å². The zero-order valence-electron chi connectivity index (χ0n) is 8.92. The number of aromatic nitrogens is 3. The Labute approximate surface area is 97.4 Å². The fourth-order valence-electron chi connectivity index (χ4n) is 1.82. The van der Waals surface area contributed by atoms with Gasteiger partial charge in [0.2, 0.25) is 0 Å². The van der Waals surface area contributed by atoms with Crippen LogP contribution in [-0.4, -0.2) is 14.5 Å². The lowest BCUT2D eigenvalue weighted by Gasteiger charge is -2.03. The quantitative estimate of drug-likeness (QED) is 0.676. The fourth-order valence-corrected chi connectivity index (χ4v) is 2.51. The van der Waals surface area contributed by atoms with Gasteiger partial charge in [-0.05, 0) is 30.5 Å². The highest BCUT2D eigenvalue weighted by Gasteiger charge is 2.08. The molecule has 0 spiro atoms. The Morgan fingerprint density at radius 2 is 2.25 bits per heavy atom. The number of thiophene rings is 1. The maximum atomic E-state index is 4.50. The van der Waals surface area contributed by atoms with Crippen molar-refractivity contribution in [3.8, 4) is 0 Å². The molecule has 0 bridgehead atoms. The third kappa shape index (κ3) is 1.51. The molecule has 3 nitrogen and oxygen atoms in total. The summed E-state index contributed by atoms with van der Waals surface area (Å²) < 4.78 is 2.15. The lowest BCUT2D eigenvalue weighted by Crippen LogP contribution is -2.01. The average Bonchev–Trinajstić information content (AvgIpc) is 2.89. The van der Waals surface area contributed by atoms with Crippen LogP contribution in [0.4, 0.5) is 0 Å². The molecule has 3 heterocycles. The highest BCUT2D eigenvalue weighted by atomic mass is 32.1. The van der Waals surface area contributed by atoms with Crippen LogP contribution in [0.15, 0.2) is 35.8 Å². The number of fused-ring (bicyclic) bond motifs is 1. The molecule has 0 fully saturated rings. The van der Waals surface area contributed by atoms with Crippen molar-refractivity contribution >= 4 is 22.5 Å². The molecule has 0 aliphatic carbocycles. The van der Waals surface area contributed by atoms with Crippen molar-refractivity contribution in [2.24, 2.45) is 0 Å². The van der Waals surface area contributed by atoms with E-state index in [0.29, 0.717) is 0 Å². The average molecular weight is 229 g/mol. The van der Waals surface area contributed by atoms with Gasteiger partial charge < -0.3 is 4.57 Å². The van der Waals surface area contributed by atoms with Crippen molar-refractivity contribution in [1.82, 2.24) is 14.5 Å². The van der Waals surface area contributed by atoms with E-state index in [9.17, 15) is 0 Å². The van der Waals surface area contributed by atoms with Crippen LogP contribution in [0.2, 0.25) is 0 Å². The first-order valence-corrected chi connectivity index (χ1v) is 6.03. The maximum Gasteiger partial charge on any atom is 0.160 e. The van der Waals surface area contributed by atoms with Gasteiger partial charge in [-0.15, -0.1) is 11.3 Å². The smallest absolute Gasteiger partial charge is 0.160 e. The third-order valence-corrected chi connectivity index (χ3v) is 3.45. The summed E-state index contributed by atoms with van der Waals surface area (Å²) in [5, 5.41) is 2.09. The van der Waals surface area contributed by atoms with Crippen molar-refractivity contribution in [2.75, 3.05) is 0 Å². The van der Waals surface area contributed by atoms with Gasteiger partial charge in [-0.1, -0.05) is 6.07 Å². The number of hydrogen-bond donors (Lipinski definition) is 0. The molecule has 0 aliphatic rings. The zero-order chi connectivity index (χ0) is 11.0. The maximum absolute atomic E-state index is 4.50. The summed E-state index contributed by atoms with van der Waals surface area (Å²) >= 11 is 1.76. The number of imidazole rings is 1. The van der Waals surface area contributed by atoms with Gasteiger partial charge in [0.15, 0.2) is 5.65 Å². The van der Waals surface area contributed by atoms with Crippen LogP contribution in [-0.2, 0) is 6.54 Å². The Morgan fingerprint density at radius 3 is 3.06 bits per heavy atom. The van der Waals surface area contributed by atoms with E-state index in [4.69, 9.17) is 0 Å². The number of hydrogen-bond acceptors (Lipinski definition) is 3. The molecule has 80 valence electrons. The number of pyridine rings is 1. The minimum absolute atomic E-state index is 0.858. The molecule has 4 heteroatoms. The van der Waals surface area contributed by atoms with Crippen LogP contribution in [0.25, 0.3) is 11.2 Å². The van der Waals surface area contributed by atoms with Crippen molar-refractivity contribution in [1.29, 1.82) is 0 Å². The molecule has 0 N–H and O–H groups in total. The lowest BCUT2D eigenvalue weighted by atomic mass is 10.4. The van der Waals surface area contributed by atoms with E-state index >= 15 is 0 Å². The Bertz CT molecular complexity index is 610. The summed E-state index contributed by atoms with van der Waals surface area (Å²) in [4.78, 5) is 10.2. The SMILES string of the molecule is Cc1nc2cccnc2n1Cc1cccs1. The largest absolute Gasteiger partial charge is 0.308 e. The predicted molar refractivity (Wildman–Crippen MR) is 65.7 cm³/mol. The number of nitrogens with zero attached hydrogens (tertiary/aromatic N) is 3. The minimum atomic E-state index is 0.858. The number of rotatable bonds is 2. The molecule has 0 aromatic carbocycles. The molecule has 0 unspecified atom stereocenters. The molecule has 0 atom stereocenters. The molecule has 0 radical (unpaired) electrons. The van der Waals surface area contributed by atoms with Crippen LogP contribution in [0.3, 0.4) is 0 Å². The Morgan fingerprint density at radius 1 is 1.31 bits per heavy atom. The van der Waals surface area contributed by atoms with Gasteiger partial charge in [0.05, 0.1) is 6.54 Å². The summed E-state index contributed by atoms with van der Waals surface area (Å²) in [6.07, 6.45) is 1.81. The van der Waals surface area contributed by atoms with Gasteiger partial charge in [-0.2, -0.15) is 0 Å². The van der Waals surface area contributed by atoms with Gasteiger partial charge in [0.25, 0.3) is 0 Å². The predicted octanol–water partition coefficient (Wildman–Crippen LogP) is 2.85. The Hall–Kier alpha value is -1.68. The molecule has 0 saturated heterocycles. The standard InChI is InChI=1S/C12H11N3S/c1-9-14-11-5-2-6-13-12(11)15(9)8-10-4-3-7-16-10/h2-7H,8H2,1H3. The van der Waals surface area contributed by atoms with Crippen molar-refractivity contribution in [3.05, 3.63) is 46.5 Å². The second-order valence-corrected chi connectivity index (χ2v) is 4.70. The number of aryl methyl sites for hydroxylation is 1. The molecule has 16 heavy (non-hydrogen) atoms. The first kappa shape index (κ1) is 9.54. The first-order chi connectivity index (χ1) is 7.84. The second-order valence-electron chi connectivity index (χ2n) is 3.67. The zero-order valence-corrected chi connectivity index (χ0v) is 9.74. The molecule has 3 aromatic rings. The van der Waals surface area contributed by atoms with Crippen LogP contribution in [0.1, 0.15) is 10.7 Å². The Kier molecular flexibility index (Phi) is 2.22. The summed E-state index contributed by atoms with van der Waals surface area (Å²) in [6, 6.07) is 8.13. The van der Waals surface area contributed by atoms with E-state index in [2.05, 4.69) is 32.0 Å². The fraction of sp³-hybridized carbons (Fsp3) is 0.167. The summed E-state index contributed by atoms with van der Waals surface area (Å²) in [5.74, 6) is 1.02. The van der Waals surface area contributed by atoms with E-state index < -0.39 is 0 Å². The molecule has 3 aromatic heterocycles. The second kappa shape index (κ2) is 3.72. The van der Waals surface area contributed by atoms with Crippen LogP contribution in [0.5, 0.6) is 0 Å². The molecule has 0 aliphatic heterocycles. The van der Waals surface area contributed by atoms with Gasteiger partial charge in [0, 0.05) is 11.1 Å². The molecule has 0 amide bonds. The lowest BCUT2D eigenvalue weighted by molar-refractivity contribution is 0.788. The third-order valence-electron chi connectivity index (χ3n) is 2.59. The van der Waals surface area contributed by atoms with Gasteiger partial charge in [0.1, 0.15) is 11.3 Å². The minimum Gasteiger partial charge on any atom is -0.308 e. The summed E-state index contributed by atoms with van der Waals surface area (Å²) in [7, 11) is 0. The normalized spacial score (nSPS) is 11.1. The van der Waals surface area contributed by atoms with Crippen LogP contribution >= 0.6 is 11.3 Å². The topological polar surface area (TPSA) is 30.7 Å². The van der Waals surface area contributed by atoms with Crippen molar-refractivity contribution in [3.63, 3.8) is 0 Å². The Balaban J connectivity index is 2.12. The van der Waals surface area contributed by atoms with E-state index in [-0.39, 0.29) is 0 Å². The monoisotopic (exact) mass is 229 g/mol. The van der Waals surface area contributed by atoms with Gasteiger partial charge >= 0.3 is 0 Å². The van der Waals surface area contributed by atoms with E-state index in [1.165, 1.54) is 4.88 Å². The van der Waals surface area contributed by atoms with Gasteiger partial charge in [-0.25, -0.2) is 9.97 Å².